The van der Waals surface area contributed by atoms with Gasteiger partial charge in [0.2, 0.25) is 0 Å². The molecule has 5 heteroatoms. The van der Waals surface area contributed by atoms with Crippen molar-refractivity contribution >= 4 is 17.3 Å². The third-order valence-electron chi connectivity index (χ3n) is 1.80. The van der Waals surface area contributed by atoms with Crippen molar-refractivity contribution in [3.8, 4) is 0 Å². The van der Waals surface area contributed by atoms with Crippen molar-refractivity contribution in [2.75, 3.05) is 0 Å². The highest BCUT2D eigenvalue weighted by Crippen LogP contribution is 2.30. The SMILES string of the molecule is Cc1ccc(CN)c([N+](=O)[O-])c1Cl. The first-order valence-corrected chi connectivity index (χ1v) is 4.08. The number of nitro benzene ring substituents is 1. The van der Waals surface area contributed by atoms with E-state index in [4.69, 9.17) is 17.3 Å². The fourth-order valence-corrected chi connectivity index (χ4v) is 1.32. The Morgan fingerprint density at radius 2 is 2.23 bits per heavy atom. The van der Waals surface area contributed by atoms with E-state index in [9.17, 15) is 10.1 Å². The zero-order valence-electron chi connectivity index (χ0n) is 7.08. The number of rotatable bonds is 2. The van der Waals surface area contributed by atoms with E-state index >= 15 is 0 Å². The lowest BCUT2D eigenvalue weighted by Gasteiger charge is -2.03. The molecule has 0 amide bonds. The van der Waals surface area contributed by atoms with Gasteiger partial charge in [0.05, 0.1) is 4.92 Å². The van der Waals surface area contributed by atoms with Crippen molar-refractivity contribution in [2.24, 2.45) is 5.73 Å². The van der Waals surface area contributed by atoms with E-state index in [-0.39, 0.29) is 17.3 Å². The Morgan fingerprint density at radius 3 is 2.69 bits per heavy atom. The summed E-state index contributed by atoms with van der Waals surface area (Å²) in [6.45, 7) is 1.84. The van der Waals surface area contributed by atoms with Crippen molar-refractivity contribution in [3.63, 3.8) is 0 Å². The van der Waals surface area contributed by atoms with Crippen LogP contribution in [0.4, 0.5) is 5.69 Å². The van der Waals surface area contributed by atoms with E-state index in [2.05, 4.69) is 0 Å². The number of aryl methyl sites for hydroxylation is 1. The summed E-state index contributed by atoms with van der Waals surface area (Å²) in [6.07, 6.45) is 0. The predicted octanol–water partition coefficient (Wildman–Crippen LogP) is 2.02. The van der Waals surface area contributed by atoms with E-state index in [1.807, 2.05) is 0 Å². The molecule has 0 aromatic heterocycles. The average molecular weight is 201 g/mol. The van der Waals surface area contributed by atoms with Gasteiger partial charge in [-0.25, -0.2) is 0 Å². The number of hydrogen-bond acceptors (Lipinski definition) is 3. The molecular formula is C8H9ClN2O2. The average Bonchev–Trinajstić information content (AvgIpc) is 2.08. The van der Waals surface area contributed by atoms with Gasteiger partial charge in [0, 0.05) is 12.1 Å². The second-order valence-corrected chi connectivity index (χ2v) is 3.04. The van der Waals surface area contributed by atoms with Crippen molar-refractivity contribution in [1.82, 2.24) is 0 Å². The van der Waals surface area contributed by atoms with Gasteiger partial charge in [-0.05, 0) is 12.5 Å². The topological polar surface area (TPSA) is 69.2 Å². The molecule has 1 aromatic rings. The molecule has 4 nitrogen and oxygen atoms in total. The number of halogens is 1. The molecule has 0 atom stereocenters. The molecule has 0 spiro atoms. The minimum absolute atomic E-state index is 0.0795. The van der Waals surface area contributed by atoms with Gasteiger partial charge in [-0.3, -0.25) is 10.1 Å². The monoisotopic (exact) mass is 200 g/mol. The second-order valence-electron chi connectivity index (χ2n) is 2.67. The first-order valence-electron chi connectivity index (χ1n) is 3.70. The number of benzene rings is 1. The normalized spacial score (nSPS) is 10.1. The Labute approximate surface area is 80.5 Å². The third kappa shape index (κ3) is 1.79. The van der Waals surface area contributed by atoms with Crippen molar-refractivity contribution in [2.45, 2.75) is 13.5 Å². The molecule has 70 valence electrons. The van der Waals surface area contributed by atoms with Crippen molar-refractivity contribution in [1.29, 1.82) is 0 Å². The molecule has 0 aliphatic rings. The van der Waals surface area contributed by atoms with E-state index in [1.54, 1.807) is 19.1 Å². The van der Waals surface area contributed by atoms with Crippen LogP contribution in [0, 0.1) is 17.0 Å². The van der Waals surface area contributed by atoms with Crippen LogP contribution in [0.15, 0.2) is 12.1 Å². The maximum Gasteiger partial charge on any atom is 0.292 e. The van der Waals surface area contributed by atoms with E-state index in [0.29, 0.717) is 11.1 Å². The summed E-state index contributed by atoms with van der Waals surface area (Å²) in [4.78, 5) is 10.1. The Balaban J connectivity index is 3.41. The van der Waals surface area contributed by atoms with Crippen molar-refractivity contribution < 1.29 is 4.92 Å². The maximum atomic E-state index is 10.6. The summed E-state index contributed by atoms with van der Waals surface area (Å²) in [7, 11) is 0. The lowest BCUT2D eigenvalue weighted by atomic mass is 10.1. The summed E-state index contributed by atoms with van der Waals surface area (Å²) >= 11 is 5.77. The minimum atomic E-state index is -0.502. The number of nitrogens with two attached hydrogens (primary N) is 1. The molecule has 0 heterocycles. The molecule has 0 radical (unpaired) electrons. The molecule has 0 aliphatic heterocycles. The molecule has 0 fully saturated rings. The van der Waals surface area contributed by atoms with Gasteiger partial charge in [-0.15, -0.1) is 0 Å². The smallest absolute Gasteiger partial charge is 0.292 e. The molecule has 2 N–H and O–H groups in total. The van der Waals surface area contributed by atoms with Gasteiger partial charge in [-0.1, -0.05) is 23.7 Å². The highest BCUT2D eigenvalue weighted by Gasteiger charge is 2.18. The zero-order valence-corrected chi connectivity index (χ0v) is 7.84. The summed E-state index contributed by atoms with van der Waals surface area (Å²) < 4.78 is 0. The Hall–Kier alpha value is -1.13. The zero-order chi connectivity index (χ0) is 10.0. The molecule has 0 saturated carbocycles. The van der Waals surface area contributed by atoms with Crippen LogP contribution in [0.1, 0.15) is 11.1 Å². The third-order valence-corrected chi connectivity index (χ3v) is 2.27. The Kier molecular flexibility index (Phi) is 2.85. The van der Waals surface area contributed by atoms with Crippen LogP contribution in [0.5, 0.6) is 0 Å². The molecule has 0 bridgehead atoms. The molecule has 13 heavy (non-hydrogen) atoms. The molecule has 1 aromatic carbocycles. The number of nitro groups is 1. The van der Waals surface area contributed by atoms with Crippen LogP contribution in [0.3, 0.4) is 0 Å². The molecule has 0 saturated heterocycles. The Bertz CT molecular complexity index is 352. The lowest BCUT2D eigenvalue weighted by Crippen LogP contribution is -2.02. The number of nitrogens with zero attached hydrogens (tertiary/aromatic N) is 1. The molecule has 0 aliphatic carbocycles. The van der Waals surface area contributed by atoms with Crippen LogP contribution in [-0.4, -0.2) is 4.92 Å². The maximum absolute atomic E-state index is 10.6. The van der Waals surface area contributed by atoms with E-state index in [0.717, 1.165) is 0 Å². The van der Waals surface area contributed by atoms with Crippen LogP contribution >= 0.6 is 11.6 Å². The van der Waals surface area contributed by atoms with Crippen LogP contribution < -0.4 is 5.73 Å². The van der Waals surface area contributed by atoms with Gasteiger partial charge < -0.3 is 5.73 Å². The summed E-state index contributed by atoms with van der Waals surface area (Å²) in [5.74, 6) is 0. The minimum Gasteiger partial charge on any atom is -0.326 e. The fourth-order valence-electron chi connectivity index (χ4n) is 1.07. The molecule has 0 unspecified atom stereocenters. The van der Waals surface area contributed by atoms with Crippen LogP contribution in [0.2, 0.25) is 5.02 Å². The first kappa shape index (κ1) is 9.95. The summed E-state index contributed by atoms with van der Waals surface area (Å²) in [5, 5.41) is 10.8. The van der Waals surface area contributed by atoms with Gasteiger partial charge in [0.25, 0.3) is 5.69 Å². The van der Waals surface area contributed by atoms with Crippen LogP contribution in [-0.2, 0) is 6.54 Å². The fraction of sp³-hybridized carbons (Fsp3) is 0.250. The van der Waals surface area contributed by atoms with E-state index in [1.165, 1.54) is 0 Å². The second kappa shape index (κ2) is 3.72. The standard InChI is InChI=1S/C8H9ClN2O2/c1-5-2-3-6(4-10)8(7(5)9)11(12)13/h2-3H,4,10H2,1H3. The summed E-state index contributed by atoms with van der Waals surface area (Å²) in [5.41, 5.74) is 6.41. The quantitative estimate of drug-likeness (QED) is 0.587. The van der Waals surface area contributed by atoms with Crippen LogP contribution in [0.25, 0.3) is 0 Å². The highest BCUT2D eigenvalue weighted by atomic mass is 35.5. The largest absolute Gasteiger partial charge is 0.326 e. The highest BCUT2D eigenvalue weighted by molar-refractivity contribution is 6.33. The summed E-state index contributed by atoms with van der Waals surface area (Å²) in [6, 6.07) is 3.34. The van der Waals surface area contributed by atoms with Crippen molar-refractivity contribution in [3.05, 3.63) is 38.4 Å². The van der Waals surface area contributed by atoms with Gasteiger partial charge >= 0.3 is 0 Å². The molecule has 1 rings (SSSR count). The van der Waals surface area contributed by atoms with E-state index < -0.39 is 4.92 Å². The predicted molar refractivity (Wildman–Crippen MR) is 50.7 cm³/mol. The van der Waals surface area contributed by atoms with Gasteiger partial charge in [-0.2, -0.15) is 0 Å². The number of hydrogen-bond donors (Lipinski definition) is 1. The Morgan fingerprint density at radius 1 is 1.62 bits per heavy atom. The molecular weight excluding hydrogens is 192 g/mol. The lowest BCUT2D eigenvalue weighted by molar-refractivity contribution is -0.385. The van der Waals surface area contributed by atoms with Gasteiger partial charge in [0.15, 0.2) is 0 Å². The first-order chi connectivity index (χ1) is 6.07. The van der Waals surface area contributed by atoms with Gasteiger partial charge in [0.1, 0.15) is 5.02 Å².